The van der Waals surface area contributed by atoms with Crippen LogP contribution in [0.1, 0.15) is 32.1 Å². The second-order valence-corrected chi connectivity index (χ2v) is 3.80. The summed E-state index contributed by atoms with van der Waals surface area (Å²) in [6, 6.07) is 0. The Balaban J connectivity index is 1.67. The predicted molar refractivity (Wildman–Crippen MR) is 51.0 cm³/mol. The van der Waals surface area contributed by atoms with Gasteiger partial charge in [-0.1, -0.05) is 19.3 Å². The summed E-state index contributed by atoms with van der Waals surface area (Å²) < 4.78 is 1.83. The minimum atomic E-state index is 0.378. The number of hydrogen-bond acceptors (Lipinski definition) is 3. The molecule has 2 N–H and O–H groups in total. The van der Waals surface area contributed by atoms with Crippen LogP contribution in [0.5, 0.6) is 0 Å². The summed E-state index contributed by atoms with van der Waals surface area (Å²) in [4.78, 5) is 3.88. The molecule has 2 rings (SSSR count). The van der Waals surface area contributed by atoms with Gasteiger partial charge in [0, 0.05) is 6.54 Å². The number of rotatable bonds is 4. The van der Waals surface area contributed by atoms with Crippen molar-refractivity contribution in [1.82, 2.24) is 14.8 Å². The van der Waals surface area contributed by atoms with Crippen molar-refractivity contribution in [3.8, 4) is 0 Å². The van der Waals surface area contributed by atoms with Gasteiger partial charge in [0.05, 0.1) is 0 Å². The largest absolute Gasteiger partial charge is 0.367 e. The fourth-order valence-electron chi connectivity index (χ4n) is 1.74. The fourth-order valence-corrected chi connectivity index (χ4v) is 1.74. The Hall–Kier alpha value is -1.06. The van der Waals surface area contributed by atoms with Crippen LogP contribution in [0.4, 0.5) is 5.95 Å². The van der Waals surface area contributed by atoms with Crippen molar-refractivity contribution in [2.75, 3.05) is 5.73 Å². The molecule has 0 unspecified atom stereocenters. The third kappa shape index (κ3) is 2.20. The summed E-state index contributed by atoms with van der Waals surface area (Å²) in [5.74, 6) is 1.37. The van der Waals surface area contributed by atoms with E-state index in [1.54, 1.807) is 6.33 Å². The molecule has 0 aromatic carbocycles. The van der Waals surface area contributed by atoms with Crippen LogP contribution in [0, 0.1) is 5.92 Å². The zero-order valence-corrected chi connectivity index (χ0v) is 7.82. The molecule has 1 aliphatic carbocycles. The van der Waals surface area contributed by atoms with E-state index in [1.807, 2.05) is 4.68 Å². The molecule has 1 aromatic heterocycles. The molecule has 4 nitrogen and oxygen atoms in total. The lowest BCUT2D eigenvalue weighted by Crippen LogP contribution is -2.11. The van der Waals surface area contributed by atoms with Crippen molar-refractivity contribution < 1.29 is 0 Å². The van der Waals surface area contributed by atoms with Gasteiger partial charge in [-0.15, -0.1) is 5.10 Å². The van der Waals surface area contributed by atoms with Gasteiger partial charge < -0.3 is 5.73 Å². The molecule has 1 aromatic rings. The maximum absolute atomic E-state index is 5.40. The zero-order valence-electron chi connectivity index (χ0n) is 7.82. The van der Waals surface area contributed by atoms with Gasteiger partial charge in [-0.2, -0.15) is 0 Å². The molecule has 0 bridgehead atoms. The number of nitrogen functional groups attached to an aromatic ring is 1. The number of aryl methyl sites for hydroxylation is 1. The van der Waals surface area contributed by atoms with Gasteiger partial charge in [0.15, 0.2) is 0 Å². The van der Waals surface area contributed by atoms with Crippen molar-refractivity contribution in [1.29, 1.82) is 0 Å². The summed E-state index contributed by atoms with van der Waals surface area (Å²) in [5, 5.41) is 4.03. The lowest BCUT2D eigenvalue weighted by Gasteiger charge is -2.24. The number of nitrogens with two attached hydrogens (primary N) is 1. The van der Waals surface area contributed by atoms with E-state index in [-0.39, 0.29) is 0 Å². The maximum Gasteiger partial charge on any atom is 0.239 e. The number of hydrogen-bond donors (Lipinski definition) is 1. The summed E-state index contributed by atoms with van der Waals surface area (Å²) in [5.41, 5.74) is 5.40. The standard InChI is InChI=1S/C9H16N4/c10-9-11-7-13(12-9)6-2-5-8-3-1-4-8/h7-8H,1-6H2,(H2,10,12). The molecule has 0 spiro atoms. The lowest BCUT2D eigenvalue weighted by molar-refractivity contribution is 0.283. The van der Waals surface area contributed by atoms with Crippen molar-refractivity contribution in [3.05, 3.63) is 6.33 Å². The molecule has 0 saturated heterocycles. The van der Waals surface area contributed by atoms with Crippen LogP contribution in [-0.4, -0.2) is 14.8 Å². The van der Waals surface area contributed by atoms with Gasteiger partial charge in [-0.25, -0.2) is 4.98 Å². The van der Waals surface area contributed by atoms with Gasteiger partial charge in [-0.05, 0) is 18.8 Å². The van der Waals surface area contributed by atoms with Gasteiger partial charge in [0.25, 0.3) is 0 Å². The molecule has 4 heteroatoms. The topological polar surface area (TPSA) is 56.7 Å². The first-order valence-corrected chi connectivity index (χ1v) is 4.99. The fraction of sp³-hybridized carbons (Fsp3) is 0.778. The van der Waals surface area contributed by atoms with Crippen LogP contribution >= 0.6 is 0 Å². The Morgan fingerprint density at radius 1 is 1.54 bits per heavy atom. The molecule has 1 fully saturated rings. The van der Waals surface area contributed by atoms with Crippen LogP contribution < -0.4 is 5.73 Å². The first-order valence-electron chi connectivity index (χ1n) is 4.99. The van der Waals surface area contributed by atoms with Crippen LogP contribution in [0.3, 0.4) is 0 Å². The van der Waals surface area contributed by atoms with Gasteiger partial charge >= 0.3 is 0 Å². The van der Waals surface area contributed by atoms with Gasteiger partial charge in [0.2, 0.25) is 5.95 Å². The van der Waals surface area contributed by atoms with E-state index in [2.05, 4.69) is 10.1 Å². The Bertz CT molecular complexity index is 264. The van der Waals surface area contributed by atoms with E-state index in [9.17, 15) is 0 Å². The first kappa shape index (κ1) is 8.53. The summed E-state index contributed by atoms with van der Waals surface area (Å²) >= 11 is 0. The first-order chi connectivity index (χ1) is 6.34. The third-order valence-electron chi connectivity index (χ3n) is 2.78. The molecule has 0 amide bonds. The smallest absolute Gasteiger partial charge is 0.239 e. The molecule has 1 saturated carbocycles. The highest BCUT2D eigenvalue weighted by Crippen LogP contribution is 2.30. The summed E-state index contributed by atoms with van der Waals surface area (Å²) in [6.45, 7) is 0.959. The molecular formula is C9H16N4. The molecule has 0 atom stereocenters. The predicted octanol–water partition coefficient (Wildman–Crippen LogP) is 1.44. The highest BCUT2D eigenvalue weighted by Gasteiger charge is 2.16. The van der Waals surface area contributed by atoms with Crippen LogP contribution in [-0.2, 0) is 6.54 Å². The van der Waals surface area contributed by atoms with Crippen LogP contribution in [0.15, 0.2) is 6.33 Å². The van der Waals surface area contributed by atoms with E-state index in [0.29, 0.717) is 5.95 Å². The SMILES string of the molecule is Nc1ncn(CCCC2CCC2)n1. The Labute approximate surface area is 78.1 Å². The number of aromatic nitrogens is 3. The van der Waals surface area contributed by atoms with Crippen LogP contribution in [0.25, 0.3) is 0 Å². The Kier molecular flexibility index (Phi) is 2.47. The van der Waals surface area contributed by atoms with E-state index < -0.39 is 0 Å². The van der Waals surface area contributed by atoms with Crippen LogP contribution in [0.2, 0.25) is 0 Å². The summed E-state index contributed by atoms with van der Waals surface area (Å²) in [7, 11) is 0. The second kappa shape index (κ2) is 3.77. The molecule has 72 valence electrons. The number of nitrogens with zero attached hydrogens (tertiary/aromatic N) is 3. The van der Waals surface area contributed by atoms with Crippen molar-refractivity contribution in [2.45, 2.75) is 38.6 Å². The molecule has 13 heavy (non-hydrogen) atoms. The average Bonchev–Trinajstić information content (AvgIpc) is 2.42. The monoisotopic (exact) mass is 180 g/mol. The highest BCUT2D eigenvalue weighted by molar-refractivity contribution is 5.09. The van der Waals surface area contributed by atoms with Crippen molar-refractivity contribution in [2.24, 2.45) is 5.92 Å². The molecule has 0 aliphatic heterocycles. The van der Waals surface area contributed by atoms with E-state index in [0.717, 1.165) is 12.5 Å². The minimum absolute atomic E-state index is 0.378. The maximum atomic E-state index is 5.40. The van der Waals surface area contributed by atoms with E-state index in [1.165, 1.54) is 32.1 Å². The van der Waals surface area contributed by atoms with Gasteiger partial charge in [0.1, 0.15) is 6.33 Å². The Morgan fingerprint density at radius 2 is 2.38 bits per heavy atom. The second-order valence-electron chi connectivity index (χ2n) is 3.80. The molecule has 1 aliphatic rings. The zero-order chi connectivity index (χ0) is 9.10. The molecular weight excluding hydrogens is 164 g/mol. The van der Waals surface area contributed by atoms with Crippen molar-refractivity contribution in [3.63, 3.8) is 0 Å². The third-order valence-corrected chi connectivity index (χ3v) is 2.78. The minimum Gasteiger partial charge on any atom is -0.367 e. The van der Waals surface area contributed by atoms with Crippen molar-refractivity contribution >= 4 is 5.95 Å². The molecule has 1 heterocycles. The average molecular weight is 180 g/mol. The summed E-state index contributed by atoms with van der Waals surface area (Å²) in [6.07, 6.45) is 8.53. The normalized spacial score (nSPS) is 17.2. The Morgan fingerprint density at radius 3 is 2.92 bits per heavy atom. The van der Waals surface area contributed by atoms with E-state index >= 15 is 0 Å². The van der Waals surface area contributed by atoms with Gasteiger partial charge in [-0.3, -0.25) is 4.68 Å². The van der Waals surface area contributed by atoms with E-state index in [4.69, 9.17) is 5.73 Å². The quantitative estimate of drug-likeness (QED) is 0.762. The highest BCUT2D eigenvalue weighted by atomic mass is 15.3. The lowest BCUT2D eigenvalue weighted by atomic mass is 9.82. The number of anilines is 1. The molecule has 0 radical (unpaired) electrons.